The Hall–Kier alpha value is -4.94. The normalized spacial score (nSPS) is 14.1. The Bertz CT molecular complexity index is 2480. The molecule has 0 fully saturated rings. The maximum atomic E-state index is 2.43. The van der Waals surface area contributed by atoms with Gasteiger partial charge in [-0.1, -0.05) is 138 Å². The van der Waals surface area contributed by atoms with Crippen molar-refractivity contribution in [1.82, 2.24) is 0 Å². The molecule has 0 heterocycles. The second kappa shape index (κ2) is 9.05. The van der Waals surface area contributed by atoms with Crippen LogP contribution < -0.4 is 0 Å². The monoisotopic (exact) mass is 576 g/mol. The van der Waals surface area contributed by atoms with E-state index in [4.69, 9.17) is 0 Å². The molecule has 216 valence electrons. The number of hydrogen-bond donors (Lipinski definition) is 0. The third kappa shape index (κ3) is 3.85. The first-order valence-corrected chi connectivity index (χ1v) is 16.2. The lowest BCUT2D eigenvalue weighted by atomic mass is 9.81. The van der Waals surface area contributed by atoms with E-state index in [0.717, 1.165) is 0 Å². The number of hydrogen-bond acceptors (Lipinski definition) is 0. The van der Waals surface area contributed by atoms with E-state index >= 15 is 0 Å². The van der Waals surface area contributed by atoms with Gasteiger partial charge in [0.25, 0.3) is 0 Å². The Labute approximate surface area is 265 Å². The average Bonchev–Trinajstić information content (AvgIpc) is 3.28. The third-order valence-corrected chi connectivity index (χ3v) is 10.5. The van der Waals surface area contributed by atoms with Crippen LogP contribution in [0.5, 0.6) is 0 Å². The minimum atomic E-state index is 0.000849. The summed E-state index contributed by atoms with van der Waals surface area (Å²) in [5, 5.41) is 10.6. The zero-order valence-corrected chi connectivity index (χ0v) is 26.6. The molecule has 9 rings (SSSR count). The van der Waals surface area contributed by atoms with Gasteiger partial charge in [0.2, 0.25) is 0 Å². The standard InChI is InChI=1S/C45H36/c1-44(2,3)35-23-33-18-13-27-9-8-11-38-39(25-34(24-35)42(33)43(27)38)32-17-16-28-21-29(14-15-30(28)22-32)31-19-20-37-36-10-6-7-12-40(36)45(4,5)41(37)26-31/h6-26H,1-5H3. The van der Waals surface area contributed by atoms with Gasteiger partial charge >= 0.3 is 0 Å². The molecule has 0 spiro atoms. The summed E-state index contributed by atoms with van der Waals surface area (Å²) in [7, 11) is 0. The highest BCUT2D eigenvalue weighted by molar-refractivity contribution is 6.26. The van der Waals surface area contributed by atoms with Gasteiger partial charge in [0, 0.05) is 5.41 Å². The Morgan fingerprint density at radius 2 is 1.07 bits per heavy atom. The van der Waals surface area contributed by atoms with Crippen molar-refractivity contribution in [3.63, 3.8) is 0 Å². The molecule has 0 heteroatoms. The van der Waals surface area contributed by atoms with Crippen LogP contribution in [-0.2, 0) is 10.8 Å². The van der Waals surface area contributed by atoms with Crippen molar-refractivity contribution in [2.24, 2.45) is 0 Å². The van der Waals surface area contributed by atoms with Crippen LogP contribution in [0.15, 0.2) is 127 Å². The molecule has 1 aliphatic rings. The predicted molar refractivity (Wildman–Crippen MR) is 195 cm³/mol. The first-order chi connectivity index (χ1) is 21.7. The van der Waals surface area contributed by atoms with Gasteiger partial charge in [-0.3, -0.25) is 0 Å². The van der Waals surface area contributed by atoms with Crippen molar-refractivity contribution >= 4 is 43.1 Å². The second-order valence-electron chi connectivity index (χ2n) is 14.6. The van der Waals surface area contributed by atoms with Crippen LogP contribution in [0.2, 0.25) is 0 Å². The molecular weight excluding hydrogens is 540 g/mol. The van der Waals surface area contributed by atoms with Crippen LogP contribution in [0.25, 0.3) is 76.5 Å². The molecule has 0 atom stereocenters. The van der Waals surface area contributed by atoms with E-state index in [9.17, 15) is 0 Å². The van der Waals surface area contributed by atoms with Gasteiger partial charge in [0.1, 0.15) is 0 Å². The lowest BCUT2D eigenvalue weighted by Gasteiger charge is -2.22. The maximum Gasteiger partial charge on any atom is 0.0159 e. The summed E-state index contributed by atoms with van der Waals surface area (Å²) in [6.45, 7) is 11.6. The highest BCUT2D eigenvalue weighted by atomic mass is 14.4. The van der Waals surface area contributed by atoms with Gasteiger partial charge < -0.3 is 0 Å². The average molecular weight is 577 g/mol. The van der Waals surface area contributed by atoms with Crippen LogP contribution in [0, 0.1) is 0 Å². The molecule has 8 aromatic carbocycles. The van der Waals surface area contributed by atoms with Gasteiger partial charge in [-0.15, -0.1) is 0 Å². The molecule has 8 aromatic rings. The van der Waals surface area contributed by atoms with E-state index in [-0.39, 0.29) is 10.8 Å². The number of fused-ring (bicyclic) bond motifs is 4. The molecule has 0 bridgehead atoms. The molecule has 0 saturated heterocycles. The third-order valence-electron chi connectivity index (χ3n) is 10.5. The molecule has 0 saturated carbocycles. The van der Waals surface area contributed by atoms with Crippen LogP contribution in [0.3, 0.4) is 0 Å². The Morgan fingerprint density at radius 3 is 1.89 bits per heavy atom. The molecule has 0 unspecified atom stereocenters. The lowest BCUT2D eigenvalue weighted by molar-refractivity contribution is 0.591. The van der Waals surface area contributed by atoms with Crippen molar-refractivity contribution in [3.8, 4) is 33.4 Å². The SMILES string of the molecule is CC(C)(C)c1cc2ccc3cccc4c(-c5ccc6cc(-c7ccc8c(c7)C(C)(C)c7ccccc7-8)ccc6c5)cc(c1)c2c34. The van der Waals surface area contributed by atoms with E-state index in [2.05, 4.69) is 162 Å². The Balaban J connectivity index is 1.17. The highest BCUT2D eigenvalue weighted by Gasteiger charge is 2.35. The molecular formula is C45H36. The molecule has 0 aliphatic heterocycles. The summed E-state index contributed by atoms with van der Waals surface area (Å²) in [6, 6.07) is 48.5. The molecule has 45 heavy (non-hydrogen) atoms. The summed E-state index contributed by atoms with van der Waals surface area (Å²) in [6.07, 6.45) is 0. The minimum absolute atomic E-state index is 0.000849. The van der Waals surface area contributed by atoms with E-state index < -0.39 is 0 Å². The molecule has 0 amide bonds. The molecule has 0 nitrogen and oxygen atoms in total. The topological polar surface area (TPSA) is 0 Å². The van der Waals surface area contributed by atoms with Gasteiger partial charge in [-0.25, -0.2) is 0 Å². The van der Waals surface area contributed by atoms with Crippen molar-refractivity contribution < 1.29 is 0 Å². The molecule has 0 aromatic heterocycles. The van der Waals surface area contributed by atoms with Gasteiger partial charge in [0.05, 0.1) is 0 Å². The largest absolute Gasteiger partial charge is 0.0619 e. The van der Waals surface area contributed by atoms with E-state index in [0.29, 0.717) is 0 Å². The van der Waals surface area contributed by atoms with Crippen molar-refractivity contribution in [3.05, 3.63) is 144 Å². The fraction of sp³-hybridized carbons (Fsp3) is 0.156. The first kappa shape index (κ1) is 26.5. The van der Waals surface area contributed by atoms with Crippen LogP contribution in [0.1, 0.15) is 51.3 Å². The summed E-state index contributed by atoms with van der Waals surface area (Å²) >= 11 is 0. The molecule has 1 aliphatic carbocycles. The summed E-state index contributed by atoms with van der Waals surface area (Å²) < 4.78 is 0. The Kier molecular flexibility index (Phi) is 5.32. The van der Waals surface area contributed by atoms with Crippen LogP contribution >= 0.6 is 0 Å². The predicted octanol–water partition coefficient (Wildman–Crippen LogP) is 12.7. The summed E-state index contributed by atoms with van der Waals surface area (Å²) in [4.78, 5) is 0. The number of benzene rings is 8. The summed E-state index contributed by atoms with van der Waals surface area (Å²) in [5.74, 6) is 0. The van der Waals surface area contributed by atoms with E-state index in [1.165, 1.54) is 93.2 Å². The van der Waals surface area contributed by atoms with Crippen LogP contribution in [0.4, 0.5) is 0 Å². The van der Waals surface area contributed by atoms with E-state index in [1.807, 2.05) is 0 Å². The van der Waals surface area contributed by atoms with E-state index in [1.54, 1.807) is 0 Å². The lowest BCUT2D eigenvalue weighted by Crippen LogP contribution is -2.14. The fourth-order valence-electron chi connectivity index (χ4n) is 8.00. The smallest absolute Gasteiger partial charge is 0.0159 e. The zero-order chi connectivity index (χ0) is 30.7. The highest BCUT2D eigenvalue weighted by Crippen LogP contribution is 2.49. The first-order valence-electron chi connectivity index (χ1n) is 16.2. The number of rotatable bonds is 2. The molecule has 0 radical (unpaired) electrons. The summed E-state index contributed by atoms with van der Waals surface area (Å²) in [5.41, 5.74) is 12.2. The van der Waals surface area contributed by atoms with Crippen molar-refractivity contribution in [2.75, 3.05) is 0 Å². The van der Waals surface area contributed by atoms with Gasteiger partial charge in [-0.05, 0) is 123 Å². The van der Waals surface area contributed by atoms with Gasteiger partial charge in [-0.2, -0.15) is 0 Å². The van der Waals surface area contributed by atoms with Gasteiger partial charge in [0.15, 0.2) is 0 Å². The maximum absolute atomic E-state index is 2.43. The fourth-order valence-corrected chi connectivity index (χ4v) is 8.00. The van der Waals surface area contributed by atoms with Crippen molar-refractivity contribution in [1.29, 1.82) is 0 Å². The van der Waals surface area contributed by atoms with Crippen molar-refractivity contribution in [2.45, 2.75) is 45.4 Å². The quantitative estimate of drug-likeness (QED) is 0.180. The zero-order valence-electron chi connectivity index (χ0n) is 26.6. The second-order valence-corrected chi connectivity index (χ2v) is 14.6. The Morgan fingerprint density at radius 1 is 0.422 bits per heavy atom. The van der Waals surface area contributed by atoms with Crippen LogP contribution in [-0.4, -0.2) is 0 Å². The molecule has 0 N–H and O–H groups in total. The minimum Gasteiger partial charge on any atom is -0.0619 e.